The Labute approximate surface area is 143 Å². The Balaban J connectivity index is 2.06. The molecule has 0 aliphatic carbocycles. The highest BCUT2D eigenvalue weighted by molar-refractivity contribution is 6.33. The summed E-state index contributed by atoms with van der Waals surface area (Å²) in [6.45, 7) is 1.82. The van der Waals surface area contributed by atoms with Crippen molar-refractivity contribution in [3.8, 4) is 34.8 Å². The Morgan fingerprint density at radius 1 is 1.08 bits per heavy atom. The molecule has 0 saturated carbocycles. The van der Waals surface area contributed by atoms with Crippen molar-refractivity contribution in [2.75, 3.05) is 14.2 Å². The summed E-state index contributed by atoms with van der Waals surface area (Å²) in [5.74, 6) is 1.58. The molecule has 8 heteroatoms. The predicted octanol–water partition coefficient (Wildman–Crippen LogP) is 3.90. The minimum Gasteiger partial charge on any atom is -0.481 e. The largest absolute Gasteiger partial charge is 0.481 e. The van der Waals surface area contributed by atoms with E-state index in [1.165, 1.54) is 20.6 Å². The topological polar surface area (TPSA) is 79.5 Å². The fourth-order valence-corrected chi connectivity index (χ4v) is 2.34. The van der Waals surface area contributed by atoms with Crippen LogP contribution < -0.4 is 14.2 Å². The molecule has 0 bridgehead atoms. The molecule has 0 aliphatic heterocycles. The predicted molar refractivity (Wildman–Crippen MR) is 86.9 cm³/mol. The molecule has 0 radical (unpaired) electrons. The molecule has 7 nitrogen and oxygen atoms in total. The minimum absolute atomic E-state index is 0.0619. The average Bonchev–Trinajstić information content (AvgIpc) is 3.00. The Morgan fingerprint density at radius 2 is 1.79 bits per heavy atom. The second kappa shape index (κ2) is 6.76. The lowest BCUT2D eigenvalue weighted by Crippen LogP contribution is -1.99. The fourth-order valence-electron chi connectivity index (χ4n) is 2.09. The number of oxazole rings is 1. The molecule has 0 fully saturated rings. The van der Waals surface area contributed by atoms with Crippen molar-refractivity contribution in [3.63, 3.8) is 0 Å². The number of methoxy groups -OCH3 is 2. The Hall–Kier alpha value is -2.80. The van der Waals surface area contributed by atoms with E-state index >= 15 is 0 Å². The van der Waals surface area contributed by atoms with Gasteiger partial charge in [0.05, 0.1) is 36.6 Å². The highest BCUT2D eigenvalue weighted by Gasteiger charge is 2.19. The number of benzene rings is 1. The van der Waals surface area contributed by atoms with E-state index in [2.05, 4.69) is 15.0 Å². The van der Waals surface area contributed by atoms with Gasteiger partial charge < -0.3 is 18.6 Å². The first-order chi connectivity index (χ1) is 11.6. The van der Waals surface area contributed by atoms with Crippen molar-refractivity contribution in [1.82, 2.24) is 15.0 Å². The van der Waals surface area contributed by atoms with Gasteiger partial charge in [-0.05, 0) is 19.1 Å². The first-order valence-corrected chi connectivity index (χ1v) is 7.34. The smallest absolute Gasteiger partial charge is 0.328 e. The zero-order valence-electron chi connectivity index (χ0n) is 13.2. The summed E-state index contributed by atoms with van der Waals surface area (Å²) in [6, 6.07) is 6.83. The van der Waals surface area contributed by atoms with Gasteiger partial charge in [-0.25, -0.2) is 4.98 Å². The van der Waals surface area contributed by atoms with Crippen molar-refractivity contribution in [1.29, 1.82) is 0 Å². The Bertz CT molecular complexity index is 844. The molecule has 0 spiro atoms. The number of halogens is 1. The second-order valence-electron chi connectivity index (χ2n) is 4.72. The van der Waals surface area contributed by atoms with E-state index < -0.39 is 0 Å². The van der Waals surface area contributed by atoms with Gasteiger partial charge in [0, 0.05) is 0 Å². The number of ether oxygens (including phenoxy) is 3. The summed E-state index contributed by atoms with van der Waals surface area (Å²) in [6.07, 6.45) is 1.35. The molecule has 2 aromatic heterocycles. The van der Waals surface area contributed by atoms with E-state index in [1.54, 1.807) is 24.3 Å². The lowest BCUT2D eigenvalue weighted by molar-refractivity contribution is 0.348. The van der Waals surface area contributed by atoms with Crippen molar-refractivity contribution in [2.24, 2.45) is 0 Å². The minimum atomic E-state index is 0.0619. The first kappa shape index (κ1) is 16.1. The van der Waals surface area contributed by atoms with Crippen LogP contribution in [0.1, 0.15) is 5.69 Å². The molecule has 3 rings (SSSR count). The van der Waals surface area contributed by atoms with Crippen LogP contribution in [-0.4, -0.2) is 29.2 Å². The highest BCUT2D eigenvalue weighted by atomic mass is 35.5. The fraction of sp³-hybridized carbons (Fsp3) is 0.188. The van der Waals surface area contributed by atoms with Crippen molar-refractivity contribution in [3.05, 3.63) is 41.4 Å². The zero-order chi connectivity index (χ0) is 17.1. The van der Waals surface area contributed by atoms with Gasteiger partial charge in [0.1, 0.15) is 5.75 Å². The molecule has 124 valence electrons. The standard InChI is InChI=1S/C16H14ClN3O4/c1-9-15(23-8-18-9)14-10(17)5-4-6-11(14)24-16-19-12(21-2)7-13(20-16)22-3/h4-8H,1-3H3. The number of hydrogen-bond acceptors (Lipinski definition) is 7. The summed E-state index contributed by atoms with van der Waals surface area (Å²) in [5.41, 5.74) is 1.26. The number of aromatic nitrogens is 3. The first-order valence-electron chi connectivity index (χ1n) is 6.96. The Morgan fingerprint density at radius 3 is 2.38 bits per heavy atom. The number of nitrogens with zero attached hydrogens (tertiary/aromatic N) is 3. The maximum absolute atomic E-state index is 6.32. The summed E-state index contributed by atoms with van der Waals surface area (Å²) in [4.78, 5) is 12.4. The third-order valence-corrected chi connectivity index (χ3v) is 3.54. The summed E-state index contributed by atoms with van der Waals surface area (Å²) < 4.78 is 21.5. The molecule has 0 unspecified atom stereocenters. The molecule has 1 aromatic carbocycles. The summed E-state index contributed by atoms with van der Waals surface area (Å²) in [7, 11) is 2.99. The molecule has 3 aromatic rings. The quantitative estimate of drug-likeness (QED) is 0.692. The SMILES string of the molecule is COc1cc(OC)nc(Oc2cccc(Cl)c2-c2ocnc2C)n1. The molecule has 0 atom stereocenters. The van der Waals surface area contributed by atoms with Crippen LogP contribution in [0, 0.1) is 6.92 Å². The number of aryl methyl sites for hydroxylation is 1. The third-order valence-electron chi connectivity index (χ3n) is 3.23. The van der Waals surface area contributed by atoms with Gasteiger partial charge in [0.15, 0.2) is 12.2 Å². The van der Waals surface area contributed by atoms with Crippen LogP contribution in [0.3, 0.4) is 0 Å². The van der Waals surface area contributed by atoms with E-state index in [0.717, 1.165) is 0 Å². The van der Waals surface area contributed by atoms with Crippen LogP contribution >= 0.6 is 11.6 Å². The summed E-state index contributed by atoms with van der Waals surface area (Å²) >= 11 is 6.32. The van der Waals surface area contributed by atoms with Crippen molar-refractivity contribution in [2.45, 2.75) is 6.92 Å². The molecule has 0 saturated heterocycles. The van der Waals surface area contributed by atoms with E-state index in [1.807, 2.05) is 6.92 Å². The molecule has 2 heterocycles. The van der Waals surface area contributed by atoms with Gasteiger partial charge in [-0.3, -0.25) is 0 Å². The molecule has 0 aliphatic rings. The van der Waals surface area contributed by atoms with E-state index in [0.29, 0.717) is 39.5 Å². The van der Waals surface area contributed by atoms with Gasteiger partial charge >= 0.3 is 6.01 Å². The molecule has 24 heavy (non-hydrogen) atoms. The van der Waals surface area contributed by atoms with E-state index in [4.69, 9.17) is 30.2 Å². The van der Waals surface area contributed by atoms with Gasteiger partial charge in [-0.1, -0.05) is 17.7 Å². The van der Waals surface area contributed by atoms with Crippen molar-refractivity contribution < 1.29 is 18.6 Å². The molecule has 0 N–H and O–H groups in total. The third kappa shape index (κ3) is 3.11. The lowest BCUT2D eigenvalue weighted by atomic mass is 10.1. The van der Waals surface area contributed by atoms with E-state index in [9.17, 15) is 0 Å². The Kier molecular flexibility index (Phi) is 4.52. The van der Waals surface area contributed by atoms with Crippen LogP contribution in [0.2, 0.25) is 5.02 Å². The maximum Gasteiger partial charge on any atom is 0.328 e. The lowest BCUT2D eigenvalue weighted by Gasteiger charge is -2.11. The molecular weight excluding hydrogens is 334 g/mol. The average molecular weight is 348 g/mol. The van der Waals surface area contributed by atoms with Gasteiger partial charge in [-0.15, -0.1) is 0 Å². The van der Waals surface area contributed by atoms with Crippen LogP contribution in [0.25, 0.3) is 11.3 Å². The zero-order valence-corrected chi connectivity index (χ0v) is 14.0. The van der Waals surface area contributed by atoms with Crippen LogP contribution in [0.4, 0.5) is 0 Å². The van der Waals surface area contributed by atoms with Gasteiger partial charge in [-0.2, -0.15) is 9.97 Å². The summed E-state index contributed by atoms with van der Waals surface area (Å²) in [5, 5.41) is 0.460. The van der Waals surface area contributed by atoms with Gasteiger partial charge in [0.25, 0.3) is 0 Å². The molecular formula is C16H14ClN3O4. The van der Waals surface area contributed by atoms with Gasteiger partial charge in [0.2, 0.25) is 11.8 Å². The van der Waals surface area contributed by atoms with Crippen LogP contribution in [0.5, 0.6) is 23.5 Å². The maximum atomic E-state index is 6.32. The van der Waals surface area contributed by atoms with E-state index in [-0.39, 0.29) is 6.01 Å². The number of hydrogen-bond donors (Lipinski definition) is 0. The number of rotatable bonds is 5. The highest BCUT2D eigenvalue weighted by Crippen LogP contribution is 2.39. The van der Waals surface area contributed by atoms with Crippen LogP contribution in [0.15, 0.2) is 35.1 Å². The van der Waals surface area contributed by atoms with Crippen molar-refractivity contribution >= 4 is 11.6 Å². The second-order valence-corrected chi connectivity index (χ2v) is 5.12. The normalized spacial score (nSPS) is 10.5. The van der Waals surface area contributed by atoms with Crippen LogP contribution in [-0.2, 0) is 0 Å². The molecule has 0 amide bonds. The monoisotopic (exact) mass is 347 g/mol.